The molecule has 3 aromatic carbocycles. The van der Waals surface area contributed by atoms with Gasteiger partial charge in [-0.05, 0) is 54.1 Å². The summed E-state index contributed by atoms with van der Waals surface area (Å²) in [7, 11) is -3.91. The number of nitrogens with two attached hydrogens (primary N) is 1. The molecule has 3 heterocycles. The van der Waals surface area contributed by atoms with Crippen molar-refractivity contribution in [2.75, 3.05) is 10.2 Å². The molecule has 10 nitrogen and oxygen atoms in total. The number of thiazole rings is 1. The molecule has 0 spiro atoms. The van der Waals surface area contributed by atoms with E-state index in [2.05, 4.69) is 5.32 Å². The van der Waals surface area contributed by atoms with Crippen LogP contribution in [0, 0.1) is 11.7 Å². The van der Waals surface area contributed by atoms with Crippen molar-refractivity contribution in [3.05, 3.63) is 105 Å². The summed E-state index contributed by atoms with van der Waals surface area (Å²) in [5, 5.41) is 7.24. The third-order valence-electron chi connectivity index (χ3n) is 7.06. The smallest absolute Gasteiger partial charge is 0.308 e. The lowest BCUT2D eigenvalue weighted by Gasteiger charge is -2.30. The number of para-hydroxylation sites is 1. The van der Waals surface area contributed by atoms with Crippen molar-refractivity contribution in [3.63, 3.8) is 0 Å². The Hall–Kier alpha value is -4.11. The number of thioether (sulfide) groups is 1. The molecule has 3 amide bonds. The highest BCUT2D eigenvalue weighted by atomic mass is 32.2. The van der Waals surface area contributed by atoms with Crippen molar-refractivity contribution in [1.29, 1.82) is 0 Å². The maximum atomic E-state index is 13.8. The number of primary sulfonamides is 1. The van der Waals surface area contributed by atoms with Crippen LogP contribution in [-0.4, -0.2) is 36.0 Å². The standard InChI is InChI=1S/C28H21FN4O6S3/c29-16-8-6-15(7-9-16)21-22-23(26(36)33(25(22)35)18-4-2-1-3-5-18)40-27-24(21)41-28(37)32(27)14-20(34)31-17-10-12-19(13-11-17)42(30,38)39/h1-13,21-23H,14H2,(H,31,34)(H2,30,38,39). The molecule has 14 heteroatoms. The summed E-state index contributed by atoms with van der Waals surface area (Å²) < 4.78 is 38.1. The minimum atomic E-state index is -3.91. The van der Waals surface area contributed by atoms with Gasteiger partial charge < -0.3 is 5.32 Å². The number of halogens is 1. The number of benzene rings is 3. The van der Waals surface area contributed by atoms with Gasteiger partial charge in [0, 0.05) is 16.5 Å². The number of carbonyl (C=O) groups excluding carboxylic acids is 3. The average molecular weight is 625 g/mol. The number of amides is 3. The highest BCUT2D eigenvalue weighted by Gasteiger charge is 2.56. The highest BCUT2D eigenvalue weighted by molar-refractivity contribution is 8.00. The molecule has 2 aliphatic rings. The Morgan fingerprint density at radius 2 is 1.60 bits per heavy atom. The zero-order valence-corrected chi connectivity index (χ0v) is 23.9. The number of aromatic nitrogens is 1. The molecule has 1 fully saturated rings. The summed E-state index contributed by atoms with van der Waals surface area (Å²) in [6, 6.07) is 19.4. The van der Waals surface area contributed by atoms with Gasteiger partial charge in [0.25, 0.3) is 0 Å². The monoisotopic (exact) mass is 624 g/mol. The maximum Gasteiger partial charge on any atom is 0.308 e. The molecule has 0 saturated carbocycles. The van der Waals surface area contributed by atoms with Crippen LogP contribution in [0.3, 0.4) is 0 Å². The number of sulfonamides is 1. The van der Waals surface area contributed by atoms with Crippen LogP contribution in [0.15, 0.2) is 93.6 Å². The van der Waals surface area contributed by atoms with Gasteiger partial charge in [-0.3, -0.25) is 23.7 Å². The third-order valence-corrected chi connectivity index (χ3v) is 10.6. The number of fused-ring (bicyclic) bond motifs is 2. The molecule has 3 unspecified atom stereocenters. The Kier molecular flexibility index (Phi) is 7.09. The average Bonchev–Trinajstić information content (AvgIpc) is 3.40. The Morgan fingerprint density at radius 1 is 0.929 bits per heavy atom. The number of hydrogen-bond donors (Lipinski definition) is 2. The number of nitrogens with zero attached hydrogens (tertiary/aromatic N) is 2. The van der Waals surface area contributed by atoms with Crippen molar-refractivity contribution < 1.29 is 27.2 Å². The first-order chi connectivity index (χ1) is 20.0. The van der Waals surface area contributed by atoms with Gasteiger partial charge in [0.2, 0.25) is 27.7 Å². The lowest BCUT2D eigenvalue weighted by molar-refractivity contribution is -0.122. The lowest BCUT2D eigenvalue weighted by Crippen LogP contribution is -2.33. The molecule has 3 N–H and O–H groups in total. The number of nitrogens with one attached hydrogen (secondary N) is 1. The van der Waals surface area contributed by atoms with Crippen LogP contribution in [0.2, 0.25) is 0 Å². The number of rotatable bonds is 6. The van der Waals surface area contributed by atoms with E-state index in [0.29, 0.717) is 21.2 Å². The zero-order valence-electron chi connectivity index (χ0n) is 21.5. The Balaban J connectivity index is 1.36. The summed E-state index contributed by atoms with van der Waals surface area (Å²) in [6.07, 6.45) is 0. The SMILES string of the molecule is NS(=O)(=O)c1ccc(NC(=O)Cn2c3c(sc2=O)C(c2ccc(F)cc2)C2C(=O)N(c4ccccc4)C(=O)C2S3)cc1. The fraction of sp³-hybridized carbons (Fsp3) is 0.143. The van der Waals surface area contributed by atoms with Crippen LogP contribution in [-0.2, 0) is 31.0 Å². The second kappa shape index (κ2) is 10.6. The molecule has 4 aromatic rings. The van der Waals surface area contributed by atoms with Crippen molar-refractivity contribution in [3.8, 4) is 0 Å². The van der Waals surface area contributed by atoms with Gasteiger partial charge in [-0.25, -0.2) is 22.8 Å². The molecule has 0 aliphatic carbocycles. The molecular weight excluding hydrogens is 604 g/mol. The molecule has 42 heavy (non-hydrogen) atoms. The number of carbonyl (C=O) groups is 3. The van der Waals surface area contributed by atoms with E-state index in [0.717, 1.165) is 28.0 Å². The third kappa shape index (κ3) is 4.96. The Labute approximate surface area is 247 Å². The maximum absolute atomic E-state index is 13.8. The fourth-order valence-electron chi connectivity index (χ4n) is 5.19. The van der Waals surface area contributed by atoms with Crippen molar-refractivity contribution in [1.82, 2.24) is 4.57 Å². The van der Waals surface area contributed by atoms with Gasteiger partial charge >= 0.3 is 4.87 Å². The van der Waals surface area contributed by atoms with E-state index in [1.54, 1.807) is 30.3 Å². The van der Waals surface area contributed by atoms with E-state index in [1.165, 1.54) is 53.1 Å². The zero-order chi connectivity index (χ0) is 29.8. The topological polar surface area (TPSA) is 149 Å². The van der Waals surface area contributed by atoms with Crippen LogP contribution in [0.4, 0.5) is 15.8 Å². The molecule has 214 valence electrons. The second-order valence-corrected chi connectivity index (χ2v) is 13.4. The van der Waals surface area contributed by atoms with Gasteiger partial charge in [0.15, 0.2) is 0 Å². The van der Waals surface area contributed by atoms with Crippen molar-refractivity contribution in [2.24, 2.45) is 11.1 Å². The highest BCUT2D eigenvalue weighted by Crippen LogP contribution is 2.53. The summed E-state index contributed by atoms with van der Waals surface area (Å²) >= 11 is 1.94. The van der Waals surface area contributed by atoms with Crippen LogP contribution >= 0.6 is 23.1 Å². The minimum Gasteiger partial charge on any atom is -0.325 e. The fourth-order valence-corrected chi connectivity index (χ4v) is 8.48. The second-order valence-electron chi connectivity index (χ2n) is 9.68. The Morgan fingerprint density at radius 3 is 2.24 bits per heavy atom. The van der Waals surface area contributed by atoms with Gasteiger partial charge in [-0.2, -0.15) is 0 Å². The van der Waals surface area contributed by atoms with Gasteiger partial charge in [-0.1, -0.05) is 53.4 Å². The van der Waals surface area contributed by atoms with Gasteiger partial charge in [0.05, 0.1) is 21.5 Å². The summed E-state index contributed by atoms with van der Waals surface area (Å²) in [4.78, 5) is 54.8. The van der Waals surface area contributed by atoms with Crippen LogP contribution in [0.1, 0.15) is 16.4 Å². The summed E-state index contributed by atoms with van der Waals surface area (Å²) in [6.45, 7) is -0.396. The molecule has 1 aromatic heterocycles. The van der Waals surface area contributed by atoms with Crippen molar-refractivity contribution in [2.45, 2.75) is 27.6 Å². The predicted octanol–water partition coefficient (Wildman–Crippen LogP) is 3.13. The molecular formula is C28H21FN4O6S3. The first-order valence-corrected chi connectivity index (χ1v) is 15.8. The predicted molar refractivity (Wildman–Crippen MR) is 155 cm³/mol. The lowest BCUT2D eigenvalue weighted by atomic mass is 9.83. The number of imide groups is 1. The van der Waals surface area contributed by atoms with Gasteiger partial charge in [0.1, 0.15) is 17.6 Å². The van der Waals surface area contributed by atoms with E-state index in [-0.39, 0.29) is 10.6 Å². The molecule has 1 saturated heterocycles. The van der Waals surface area contributed by atoms with Gasteiger partial charge in [-0.15, -0.1) is 0 Å². The van der Waals surface area contributed by atoms with Crippen LogP contribution in [0.5, 0.6) is 0 Å². The quantitative estimate of drug-likeness (QED) is 0.313. The summed E-state index contributed by atoms with van der Waals surface area (Å²) in [5.74, 6) is -3.47. The first-order valence-electron chi connectivity index (χ1n) is 12.5. The van der Waals surface area contributed by atoms with Crippen LogP contribution in [0.25, 0.3) is 0 Å². The molecule has 6 rings (SSSR count). The minimum absolute atomic E-state index is 0.123. The van der Waals surface area contributed by atoms with E-state index in [4.69, 9.17) is 5.14 Å². The molecule has 0 bridgehead atoms. The number of anilines is 2. The molecule has 3 atom stereocenters. The van der Waals surface area contributed by atoms with E-state index < -0.39 is 62.1 Å². The number of hydrogen-bond acceptors (Lipinski definition) is 8. The molecule has 2 aliphatic heterocycles. The Bertz CT molecular complexity index is 1890. The van der Waals surface area contributed by atoms with E-state index >= 15 is 0 Å². The van der Waals surface area contributed by atoms with Crippen LogP contribution < -0.4 is 20.2 Å². The normalized spacial score (nSPS) is 19.9. The largest absolute Gasteiger partial charge is 0.325 e. The van der Waals surface area contributed by atoms with E-state index in [9.17, 15) is 32.0 Å². The molecule has 0 radical (unpaired) electrons. The first kappa shape index (κ1) is 28.0. The van der Waals surface area contributed by atoms with E-state index in [1.807, 2.05) is 0 Å². The summed E-state index contributed by atoms with van der Waals surface area (Å²) in [5.41, 5.74) is 1.28. The van der Waals surface area contributed by atoms with Crippen molar-refractivity contribution >= 4 is 62.2 Å².